The Morgan fingerprint density at radius 2 is 1.94 bits per heavy atom. The zero-order valence-corrected chi connectivity index (χ0v) is 18.2. The van der Waals surface area contributed by atoms with Crippen molar-refractivity contribution in [3.8, 4) is 5.75 Å². The number of carbonyl (C=O) groups excluding carboxylic acids is 2. The van der Waals surface area contributed by atoms with Crippen LogP contribution in [0.5, 0.6) is 5.75 Å². The van der Waals surface area contributed by atoms with Crippen molar-refractivity contribution in [1.29, 1.82) is 0 Å². The minimum Gasteiger partial charge on any atom is -0.486 e. The molecule has 31 heavy (non-hydrogen) atoms. The normalized spacial score (nSPS) is 27.3. The number of nitrogens with one attached hydrogen (secondary N) is 1. The fourth-order valence-electron chi connectivity index (χ4n) is 5.21. The van der Waals surface area contributed by atoms with Crippen LogP contribution in [-0.2, 0) is 9.59 Å². The minimum atomic E-state index is -0.949. The first-order valence-corrected chi connectivity index (χ1v) is 11.3. The van der Waals surface area contributed by atoms with Gasteiger partial charge in [-0.1, -0.05) is 44.9 Å². The minimum absolute atomic E-state index is 0.0173. The van der Waals surface area contributed by atoms with Crippen LogP contribution in [0.3, 0.4) is 0 Å². The second-order valence-electron chi connectivity index (χ2n) is 9.02. The molecule has 0 bridgehead atoms. The van der Waals surface area contributed by atoms with Crippen LogP contribution in [0.2, 0.25) is 0 Å². The molecule has 0 aromatic heterocycles. The largest absolute Gasteiger partial charge is 0.486 e. The number of para-hydroxylation sites is 1. The average molecular weight is 429 g/mol. The molecule has 1 fully saturated rings. The molecular weight excluding hydrogens is 396 g/mol. The van der Waals surface area contributed by atoms with Gasteiger partial charge in [-0.15, -0.1) is 0 Å². The van der Waals surface area contributed by atoms with E-state index in [1.165, 1.54) is 0 Å². The summed E-state index contributed by atoms with van der Waals surface area (Å²) in [5, 5.41) is 23.3. The lowest BCUT2D eigenvalue weighted by molar-refractivity contribution is -0.143. The van der Waals surface area contributed by atoms with Gasteiger partial charge in [-0.05, 0) is 25.0 Å². The molecule has 1 aromatic rings. The van der Waals surface area contributed by atoms with E-state index in [1.54, 1.807) is 6.08 Å². The molecule has 7 heteroatoms. The van der Waals surface area contributed by atoms with E-state index in [4.69, 9.17) is 9.84 Å². The predicted octanol–water partition coefficient (Wildman–Crippen LogP) is 1.74. The van der Waals surface area contributed by atoms with E-state index < -0.39 is 24.2 Å². The number of fused-ring (bicyclic) bond motifs is 3. The third kappa shape index (κ3) is 3.96. The van der Waals surface area contributed by atoms with E-state index in [1.807, 2.05) is 43.0 Å². The van der Waals surface area contributed by atoms with Crippen LogP contribution in [0.25, 0.3) is 0 Å². The van der Waals surface area contributed by atoms with Crippen molar-refractivity contribution in [2.24, 2.45) is 5.92 Å². The van der Waals surface area contributed by atoms with Crippen LogP contribution in [0.15, 0.2) is 35.9 Å². The molecule has 1 saturated carbocycles. The maximum atomic E-state index is 13.2. The number of nitrogens with zero attached hydrogens (tertiary/aromatic N) is 1. The Hall–Kier alpha value is -2.38. The van der Waals surface area contributed by atoms with Crippen molar-refractivity contribution >= 4 is 11.8 Å². The molecule has 7 nitrogen and oxygen atoms in total. The number of amides is 2. The number of hydrogen-bond donors (Lipinski definition) is 3. The Balaban J connectivity index is 1.77. The Morgan fingerprint density at radius 3 is 2.61 bits per heavy atom. The molecule has 4 atom stereocenters. The number of benzene rings is 1. The number of carbonyl (C=O) groups is 2. The monoisotopic (exact) mass is 428 g/mol. The van der Waals surface area contributed by atoms with Crippen molar-refractivity contribution in [3.63, 3.8) is 0 Å². The van der Waals surface area contributed by atoms with E-state index in [0.29, 0.717) is 11.3 Å². The van der Waals surface area contributed by atoms with Crippen LogP contribution in [0, 0.1) is 5.92 Å². The topological polar surface area (TPSA) is 99.1 Å². The third-order valence-electron chi connectivity index (χ3n) is 6.66. The Labute approximate surface area is 183 Å². The summed E-state index contributed by atoms with van der Waals surface area (Å²) in [4.78, 5) is 28.1. The fraction of sp³-hybridized carbons (Fsp3) is 0.583. The van der Waals surface area contributed by atoms with E-state index in [0.717, 1.165) is 31.2 Å². The number of hydrogen-bond acceptors (Lipinski definition) is 5. The summed E-state index contributed by atoms with van der Waals surface area (Å²) in [7, 11) is 0. The fourth-order valence-corrected chi connectivity index (χ4v) is 5.21. The summed E-state index contributed by atoms with van der Waals surface area (Å²) in [6.45, 7) is 3.71. The van der Waals surface area contributed by atoms with Crippen molar-refractivity contribution < 1.29 is 24.5 Å². The second-order valence-corrected chi connectivity index (χ2v) is 9.02. The quantitative estimate of drug-likeness (QED) is 0.641. The van der Waals surface area contributed by atoms with Crippen LogP contribution in [0.4, 0.5) is 0 Å². The lowest BCUT2D eigenvalue weighted by Gasteiger charge is -2.44. The summed E-state index contributed by atoms with van der Waals surface area (Å²) in [5.41, 5.74) is 1.34. The summed E-state index contributed by atoms with van der Waals surface area (Å²) in [6.07, 6.45) is 4.07. The molecule has 1 aliphatic heterocycles. The van der Waals surface area contributed by atoms with Gasteiger partial charge < -0.3 is 25.2 Å². The molecule has 1 aromatic carbocycles. The van der Waals surface area contributed by atoms with Crippen LogP contribution >= 0.6 is 0 Å². The van der Waals surface area contributed by atoms with Gasteiger partial charge in [0.15, 0.2) is 0 Å². The second kappa shape index (κ2) is 9.01. The summed E-state index contributed by atoms with van der Waals surface area (Å²) < 4.78 is 6.13. The van der Waals surface area contributed by atoms with E-state index in [-0.39, 0.29) is 36.9 Å². The van der Waals surface area contributed by atoms with E-state index in [9.17, 15) is 14.7 Å². The van der Waals surface area contributed by atoms with Gasteiger partial charge in [-0.3, -0.25) is 9.59 Å². The van der Waals surface area contributed by atoms with Gasteiger partial charge in [-0.25, -0.2) is 0 Å². The first kappa shape index (κ1) is 21.8. The summed E-state index contributed by atoms with van der Waals surface area (Å²) >= 11 is 0. The van der Waals surface area contributed by atoms with Crippen LogP contribution < -0.4 is 10.1 Å². The Morgan fingerprint density at radius 1 is 1.23 bits per heavy atom. The maximum absolute atomic E-state index is 13.2. The average Bonchev–Trinajstić information content (AvgIpc) is 3.42. The molecule has 3 N–H and O–H groups in total. The zero-order chi connectivity index (χ0) is 22.1. The molecule has 0 spiro atoms. The highest BCUT2D eigenvalue weighted by Crippen LogP contribution is 2.47. The van der Waals surface area contributed by atoms with Crippen molar-refractivity contribution in [2.45, 2.75) is 69.7 Å². The Bertz CT molecular complexity index is 861. The van der Waals surface area contributed by atoms with Crippen molar-refractivity contribution in [2.75, 3.05) is 13.2 Å². The molecule has 2 aliphatic carbocycles. The van der Waals surface area contributed by atoms with Crippen molar-refractivity contribution in [3.05, 3.63) is 41.5 Å². The first-order valence-electron chi connectivity index (χ1n) is 11.3. The molecule has 4 rings (SSSR count). The molecule has 0 unspecified atom stereocenters. The summed E-state index contributed by atoms with van der Waals surface area (Å²) in [6, 6.07) is 6.92. The first-order chi connectivity index (χ1) is 14.9. The number of rotatable bonds is 6. The highest BCUT2D eigenvalue weighted by atomic mass is 16.5. The van der Waals surface area contributed by atoms with Crippen LogP contribution in [0.1, 0.15) is 51.0 Å². The van der Waals surface area contributed by atoms with Gasteiger partial charge in [0, 0.05) is 29.6 Å². The molecule has 168 valence electrons. The lowest BCUT2D eigenvalue weighted by Crippen LogP contribution is -2.58. The van der Waals surface area contributed by atoms with Gasteiger partial charge in [0.25, 0.3) is 0 Å². The van der Waals surface area contributed by atoms with Gasteiger partial charge in [0.2, 0.25) is 11.8 Å². The third-order valence-corrected chi connectivity index (χ3v) is 6.66. The Kier molecular flexibility index (Phi) is 6.34. The molecule has 0 saturated heterocycles. The molecule has 0 radical (unpaired) electrons. The van der Waals surface area contributed by atoms with E-state index in [2.05, 4.69) is 5.32 Å². The lowest BCUT2D eigenvalue weighted by atomic mass is 9.77. The molecule has 3 aliphatic rings. The number of ether oxygens (including phenoxy) is 1. The highest BCUT2D eigenvalue weighted by Gasteiger charge is 2.51. The highest BCUT2D eigenvalue weighted by molar-refractivity contribution is 5.96. The standard InChI is InChI=1S/C24H32N2O5/c1-14(2)24(30)26(15-7-3-4-8-15)18-13-17(23(29)25-11-12-27)20-16-9-5-6-10-19(16)31-22(20)21(18)28/h5-6,9-10,13-15,18,20-22,27-28H,3-4,7-8,11-12H2,1-2H3,(H,25,29)/t18-,20+,21+,22+/m1/s1. The summed E-state index contributed by atoms with van der Waals surface area (Å²) in [5.74, 6) is -0.297. The van der Waals surface area contributed by atoms with Crippen LogP contribution in [-0.4, -0.2) is 64.4 Å². The van der Waals surface area contributed by atoms with Gasteiger partial charge >= 0.3 is 0 Å². The van der Waals surface area contributed by atoms with Gasteiger partial charge in [0.05, 0.1) is 18.6 Å². The smallest absolute Gasteiger partial charge is 0.247 e. The van der Waals surface area contributed by atoms with E-state index >= 15 is 0 Å². The van der Waals surface area contributed by atoms with Gasteiger partial charge in [0.1, 0.15) is 18.0 Å². The number of aliphatic hydroxyl groups excluding tert-OH is 2. The number of aliphatic hydroxyl groups is 2. The predicted molar refractivity (Wildman–Crippen MR) is 116 cm³/mol. The molecule has 1 heterocycles. The molecular formula is C24H32N2O5. The SMILES string of the molecule is CC(C)C(=O)N(C1CCCC1)[C@@H]1C=C(C(=O)NCCO)[C@@H]2c3ccccc3O[C@@H]2[C@H]1O. The zero-order valence-electron chi connectivity index (χ0n) is 18.2. The molecule has 2 amide bonds. The van der Waals surface area contributed by atoms with Crippen molar-refractivity contribution in [1.82, 2.24) is 10.2 Å². The maximum Gasteiger partial charge on any atom is 0.247 e. The van der Waals surface area contributed by atoms with Gasteiger partial charge in [-0.2, -0.15) is 0 Å².